The number of phenolic OH excluding ortho intramolecular Hbond substituents is 1. The number of carbonyl (C=O) groups is 3. The van der Waals surface area contributed by atoms with E-state index in [1.807, 2.05) is 6.92 Å². The Morgan fingerprint density at radius 3 is 2.21 bits per heavy atom. The summed E-state index contributed by atoms with van der Waals surface area (Å²) in [7, 11) is 0. The molecule has 208 valence electrons. The Hall–Kier alpha value is -3.04. The molecule has 2 aromatic rings. The minimum Gasteiger partial charge on any atom is -0.507 e. The molecule has 0 aliphatic rings. The van der Waals surface area contributed by atoms with Crippen LogP contribution in [0.2, 0.25) is 0 Å². The van der Waals surface area contributed by atoms with Gasteiger partial charge in [-0.05, 0) is 64.3 Å². The summed E-state index contributed by atoms with van der Waals surface area (Å²) in [5.74, 6) is 0.429. The molecule has 1 atom stereocenters. The molecule has 3 N–H and O–H groups in total. The fourth-order valence-corrected chi connectivity index (χ4v) is 5.03. The third kappa shape index (κ3) is 9.06. The van der Waals surface area contributed by atoms with Crippen LogP contribution in [0.4, 0.5) is 0 Å². The first-order chi connectivity index (χ1) is 18.1. The maximum atomic E-state index is 12.2. The fraction of sp³-hybridized carbons (Fsp3) is 0.483. The Balaban J connectivity index is 2.10. The summed E-state index contributed by atoms with van der Waals surface area (Å²) in [5, 5.41) is 29.3. The van der Waals surface area contributed by atoms with Gasteiger partial charge in [0.1, 0.15) is 17.2 Å². The van der Waals surface area contributed by atoms with Crippen LogP contribution in [0.25, 0.3) is 0 Å². The van der Waals surface area contributed by atoms with E-state index in [9.17, 15) is 24.6 Å². The van der Waals surface area contributed by atoms with E-state index in [0.717, 1.165) is 16.9 Å². The van der Waals surface area contributed by atoms with Gasteiger partial charge in [0.2, 0.25) is 0 Å². The average molecular weight is 547 g/mol. The molecule has 0 aliphatic heterocycles. The lowest BCUT2D eigenvalue weighted by Gasteiger charge is -2.19. The summed E-state index contributed by atoms with van der Waals surface area (Å²) >= 11 is 1.52. The molecule has 0 fully saturated rings. The van der Waals surface area contributed by atoms with Crippen LogP contribution in [-0.2, 0) is 17.6 Å². The molecule has 0 saturated heterocycles. The second-order valence-electron chi connectivity index (χ2n) is 9.17. The maximum Gasteiger partial charge on any atom is 0.303 e. The molecule has 0 aliphatic carbocycles. The highest BCUT2D eigenvalue weighted by molar-refractivity contribution is 7.99. The Bertz CT molecular complexity index is 1130. The molecule has 2 aromatic carbocycles. The third-order valence-electron chi connectivity index (χ3n) is 5.80. The zero-order chi connectivity index (χ0) is 28.2. The number of hydrogen-bond donors (Lipinski definition) is 3. The molecule has 1 unspecified atom stereocenters. The van der Waals surface area contributed by atoms with Gasteiger partial charge in [0.05, 0.1) is 30.4 Å². The molecule has 38 heavy (non-hydrogen) atoms. The predicted molar refractivity (Wildman–Crippen MR) is 147 cm³/mol. The lowest BCUT2D eigenvalue weighted by molar-refractivity contribution is -0.137. The van der Waals surface area contributed by atoms with E-state index in [0.29, 0.717) is 54.2 Å². The van der Waals surface area contributed by atoms with E-state index >= 15 is 0 Å². The summed E-state index contributed by atoms with van der Waals surface area (Å²) in [4.78, 5) is 35.7. The molecule has 0 bridgehead atoms. The lowest BCUT2D eigenvalue weighted by atomic mass is 10.0. The Labute approximate surface area is 228 Å². The summed E-state index contributed by atoms with van der Waals surface area (Å²) in [6.07, 6.45) is 2.03. The number of hydrogen-bond acceptors (Lipinski definition) is 8. The third-order valence-corrected chi connectivity index (χ3v) is 6.99. The minimum absolute atomic E-state index is 0.0133. The quantitative estimate of drug-likeness (QED) is 0.134. The zero-order valence-corrected chi connectivity index (χ0v) is 23.4. The van der Waals surface area contributed by atoms with Gasteiger partial charge in [-0.25, -0.2) is 0 Å². The number of aliphatic hydroxyl groups excluding tert-OH is 1. The van der Waals surface area contributed by atoms with E-state index in [2.05, 4.69) is 0 Å². The van der Waals surface area contributed by atoms with Gasteiger partial charge in [-0.1, -0.05) is 13.3 Å². The van der Waals surface area contributed by atoms with Crippen LogP contribution < -0.4 is 9.47 Å². The predicted octanol–water partition coefficient (Wildman–Crippen LogP) is 5.48. The van der Waals surface area contributed by atoms with Crippen LogP contribution in [-0.4, -0.2) is 57.9 Å². The van der Waals surface area contributed by atoms with Crippen molar-refractivity contribution in [3.63, 3.8) is 0 Å². The first-order valence-corrected chi connectivity index (χ1v) is 13.9. The highest BCUT2D eigenvalue weighted by Crippen LogP contribution is 2.36. The highest BCUT2D eigenvalue weighted by atomic mass is 32.2. The molecule has 0 heterocycles. The Kier molecular flexibility index (Phi) is 12.6. The van der Waals surface area contributed by atoms with Crippen molar-refractivity contribution in [1.29, 1.82) is 0 Å². The first kappa shape index (κ1) is 31.2. The molecule has 0 radical (unpaired) electrons. The van der Waals surface area contributed by atoms with Crippen molar-refractivity contribution >= 4 is 29.3 Å². The van der Waals surface area contributed by atoms with Crippen LogP contribution in [0.1, 0.15) is 85.2 Å². The second kappa shape index (κ2) is 15.4. The molecule has 0 aromatic heterocycles. The number of aromatic hydroxyl groups is 1. The molecular formula is C29H38O8S. The highest BCUT2D eigenvalue weighted by Gasteiger charge is 2.19. The zero-order valence-electron chi connectivity index (χ0n) is 22.5. The number of aliphatic hydroxyl groups is 1. The first-order valence-electron chi connectivity index (χ1n) is 12.9. The van der Waals surface area contributed by atoms with Crippen molar-refractivity contribution in [2.75, 3.05) is 19.0 Å². The van der Waals surface area contributed by atoms with E-state index < -0.39 is 12.1 Å². The number of ether oxygens (including phenoxy) is 2. The van der Waals surface area contributed by atoms with Gasteiger partial charge in [0.15, 0.2) is 11.6 Å². The molecule has 9 heteroatoms. The number of phenols is 1. The Morgan fingerprint density at radius 2 is 1.61 bits per heavy atom. The van der Waals surface area contributed by atoms with Gasteiger partial charge in [-0.15, -0.1) is 11.8 Å². The van der Waals surface area contributed by atoms with E-state index in [-0.39, 0.29) is 42.3 Å². The van der Waals surface area contributed by atoms with Gasteiger partial charge in [-0.2, -0.15) is 0 Å². The monoisotopic (exact) mass is 546 g/mol. The van der Waals surface area contributed by atoms with Crippen LogP contribution in [0.3, 0.4) is 0 Å². The topological polar surface area (TPSA) is 130 Å². The van der Waals surface area contributed by atoms with E-state index in [1.54, 1.807) is 31.2 Å². The molecule has 0 spiro atoms. The van der Waals surface area contributed by atoms with Crippen molar-refractivity contribution in [2.24, 2.45) is 0 Å². The van der Waals surface area contributed by atoms with Crippen molar-refractivity contribution in [3.05, 3.63) is 46.5 Å². The lowest BCUT2D eigenvalue weighted by Crippen LogP contribution is -2.10. The number of rotatable bonds is 17. The minimum atomic E-state index is -0.896. The molecule has 2 rings (SSSR count). The largest absolute Gasteiger partial charge is 0.507 e. The van der Waals surface area contributed by atoms with Gasteiger partial charge < -0.3 is 24.8 Å². The smallest absolute Gasteiger partial charge is 0.303 e. The number of Topliss-reactive ketones (excluding diaryl/α,β-unsaturated/α-hetero) is 2. The number of ketones is 2. The summed E-state index contributed by atoms with van der Waals surface area (Å²) in [6, 6.07) is 6.86. The maximum absolute atomic E-state index is 12.2. The normalized spacial score (nSPS) is 11.7. The summed E-state index contributed by atoms with van der Waals surface area (Å²) in [6.45, 7) is 7.12. The summed E-state index contributed by atoms with van der Waals surface area (Å²) in [5.41, 5.74) is 2.05. The molecule has 0 saturated carbocycles. The fourth-order valence-electron chi connectivity index (χ4n) is 4.02. The van der Waals surface area contributed by atoms with Gasteiger partial charge in [0, 0.05) is 34.6 Å². The number of carboxylic acid groups (broad SMARTS) is 1. The van der Waals surface area contributed by atoms with Gasteiger partial charge in [0.25, 0.3) is 0 Å². The molecule has 8 nitrogen and oxygen atoms in total. The van der Waals surface area contributed by atoms with Crippen molar-refractivity contribution in [1.82, 2.24) is 0 Å². The van der Waals surface area contributed by atoms with Crippen molar-refractivity contribution in [3.8, 4) is 17.2 Å². The van der Waals surface area contributed by atoms with Crippen LogP contribution in [0.15, 0.2) is 29.2 Å². The second-order valence-corrected chi connectivity index (χ2v) is 10.3. The van der Waals surface area contributed by atoms with E-state index in [1.165, 1.54) is 25.6 Å². The number of aliphatic carboxylic acids is 1. The number of thioether (sulfide) groups is 1. The average Bonchev–Trinajstić information content (AvgIpc) is 2.84. The van der Waals surface area contributed by atoms with Gasteiger partial charge in [-0.3, -0.25) is 14.4 Å². The summed E-state index contributed by atoms with van der Waals surface area (Å²) < 4.78 is 12.0. The standard InChI is InChI=1S/C29H38O8S/c1-5-8-23-25(12-10-22(20(4)32)29(23)37-14-6-9-27(33)34)36-15-7-16-38-26-13-11-21(19(3)31)28(35)24(26)17-18(2)30/h10-13,18,30,35H,5-9,14-17H2,1-4H3,(H,33,34). The van der Waals surface area contributed by atoms with Crippen molar-refractivity contribution < 1.29 is 39.2 Å². The van der Waals surface area contributed by atoms with Gasteiger partial charge >= 0.3 is 5.97 Å². The molecular weight excluding hydrogens is 508 g/mol. The van der Waals surface area contributed by atoms with Crippen molar-refractivity contribution in [2.45, 2.75) is 77.2 Å². The number of carbonyl (C=O) groups excluding carboxylic acids is 2. The van der Waals surface area contributed by atoms with Crippen LogP contribution >= 0.6 is 11.8 Å². The Morgan fingerprint density at radius 1 is 0.947 bits per heavy atom. The van der Waals surface area contributed by atoms with Crippen LogP contribution in [0.5, 0.6) is 17.2 Å². The molecule has 0 amide bonds. The number of carboxylic acids is 1. The SMILES string of the molecule is CCCc1c(OCCCSc2ccc(C(C)=O)c(O)c2CC(C)O)ccc(C(C)=O)c1OCCCC(=O)O. The van der Waals surface area contributed by atoms with Crippen LogP contribution in [0, 0.1) is 0 Å². The number of benzene rings is 2. The van der Waals surface area contributed by atoms with E-state index in [4.69, 9.17) is 14.6 Å².